The zero-order chi connectivity index (χ0) is 18.8. The number of benzene rings is 1. The normalized spacial score (nSPS) is 12.7. The zero-order valence-electron chi connectivity index (χ0n) is 14.9. The second-order valence-corrected chi connectivity index (χ2v) is 6.40. The van der Waals surface area contributed by atoms with Crippen molar-refractivity contribution in [3.8, 4) is 5.82 Å². The van der Waals surface area contributed by atoms with E-state index in [1.54, 1.807) is 36.6 Å². The number of amides is 2. The number of nitrogens with one attached hydrogen (secondary N) is 1. The van der Waals surface area contributed by atoms with Gasteiger partial charge in [-0.1, -0.05) is 6.07 Å². The molecular weight excluding hydrogens is 342 g/mol. The molecule has 1 N–H and O–H groups in total. The van der Waals surface area contributed by atoms with Crippen molar-refractivity contribution < 1.29 is 9.59 Å². The molecule has 7 nitrogen and oxygen atoms in total. The first-order valence-corrected chi connectivity index (χ1v) is 8.75. The quantitative estimate of drug-likeness (QED) is 0.772. The summed E-state index contributed by atoms with van der Waals surface area (Å²) in [6.45, 7) is 2.58. The minimum Gasteiger partial charge on any atom is -0.348 e. The highest BCUT2D eigenvalue weighted by atomic mass is 16.2. The summed E-state index contributed by atoms with van der Waals surface area (Å²) in [7, 11) is 0. The summed E-state index contributed by atoms with van der Waals surface area (Å²) in [5.41, 5.74) is 3.41. The van der Waals surface area contributed by atoms with Crippen molar-refractivity contribution in [3.63, 3.8) is 0 Å². The number of imidazole rings is 1. The molecule has 2 aromatic heterocycles. The Balaban J connectivity index is 1.49. The van der Waals surface area contributed by atoms with Gasteiger partial charge in [-0.05, 0) is 36.2 Å². The molecule has 0 atom stereocenters. The summed E-state index contributed by atoms with van der Waals surface area (Å²) in [6.07, 6.45) is 7.65. The van der Waals surface area contributed by atoms with Gasteiger partial charge < -0.3 is 10.2 Å². The lowest BCUT2D eigenvalue weighted by molar-refractivity contribution is -0.116. The number of anilines is 1. The molecule has 136 valence electrons. The topological polar surface area (TPSA) is 80.1 Å². The fourth-order valence-electron chi connectivity index (χ4n) is 3.33. The summed E-state index contributed by atoms with van der Waals surface area (Å²) in [6, 6.07) is 9.24. The number of aromatic nitrogens is 3. The SMILES string of the molecule is CC(=O)N1CCc2cc(C(=O)NCc3cccnc3-n3ccnc3)ccc21. The van der Waals surface area contributed by atoms with Gasteiger partial charge in [-0.25, -0.2) is 9.97 Å². The van der Waals surface area contributed by atoms with Gasteiger partial charge in [0.1, 0.15) is 12.1 Å². The molecule has 4 rings (SSSR count). The van der Waals surface area contributed by atoms with Crippen molar-refractivity contribution in [2.24, 2.45) is 0 Å². The molecule has 1 aliphatic heterocycles. The Labute approximate surface area is 156 Å². The van der Waals surface area contributed by atoms with Crippen molar-refractivity contribution in [1.82, 2.24) is 19.9 Å². The maximum atomic E-state index is 12.6. The number of carbonyl (C=O) groups is 2. The van der Waals surface area contributed by atoms with Crippen LogP contribution in [-0.4, -0.2) is 32.9 Å². The molecule has 3 heterocycles. The summed E-state index contributed by atoms with van der Waals surface area (Å²) < 4.78 is 1.81. The number of pyridine rings is 1. The van der Waals surface area contributed by atoms with Gasteiger partial charge in [0, 0.05) is 55.4 Å². The first kappa shape index (κ1) is 17.0. The standard InChI is InChI=1S/C20H19N5O2/c1-14(26)25-9-6-15-11-16(4-5-18(15)25)20(27)23-12-17-3-2-7-22-19(17)24-10-8-21-13-24/h2-5,7-8,10-11,13H,6,9,12H2,1H3,(H,23,27). The fourth-order valence-corrected chi connectivity index (χ4v) is 3.33. The highest BCUT2D eigenvalue weighted by molar-refractivity contribution is 5.97. The number of fused-ring (bicyclic) bond motifs is 1. The average Bonchev–Trinajstić information content (AvgIpc) is 3.35. The van der Waals surface area contributed by atoms with Crippen LogP contribution in [-0.2, 0) is 17.8 Å². The minimum atomic E-state index is -0.153. The first-order valence-electron chi connectivity index (χ1n) is 8.75. The van der Waals surface area contributed by atoms with Crippen LogP contribution in [0.4, 0.5) is 5.69 Å². The lowest BCUT2D eigenvalue weighted by Gasteiger charge is -2.15. The molecule has 2 amide bonds. The third-order valence-corrected chi connectivity index (χ3v) is 4.67. The first-order chi connectivity index (χ1) is 13.1. The van der Waals surface area contributed by atoms with Gasteiger partial charge >= 0.3 is 0 Å². The molecule has 0 bridgehead atoms. The van der Waals surface area contributed by atoms with E-state index in [9.17, 15) is 9.59 Å². The van der Waals surface area contributed by atoms with E-state index in [1.807, 2.05) is 35.0 Å². The van der Waals surface area contributed by atoms with Gasteiger partial charge in [-0.15, -0.1) is 0 Å². The highest BCUT2D eigenvalue weighted by Gasteiger charge is 2.23. The molecule has 1 aliphatic rings. The Morgan fingerprint density at radius 3 is 2.89 bits per heavy atom. The Kier molecular flexibility index (Phi) is 4.42. The third-order valence-electron chi connectivity index (χ3n) is 4.67. The summed E-state index contributed by atoms with van der Waals surface area (Å²) in [4.78, 5) is 34.4. The predicted octanol–water partition coefficient (Wildman–Crippen LogP) is 2.11. The van der Waals surface area contributed by atoms with Crippen molar-refractivity contribution in [2.75, 3.05) is 11.4 Å². The van der Waals surface area contributed by atoms with Crippen molar-refractivity contribution >= 4 is 17.5 Å². The predicted molar refractivity (Wildman–Crippen MR) is 101 cm³/mol. The van der Waals surface area contributed by atoms with E-state index in [4.69, 9.17) is 0 Å². The molecule has 0 aliphatic carbocycles. The molecular formula is C20H19N5O2. The van der Waals surface area contributed by atoms with E-state index >= 15 is 0 Å². The Hall–Kier alpha value is -3.48. The van der Waals surface area contributed by atoms with Crippen molar-refractivity contribution in [2.45, 2.75) is 19.9 Å². The summed E-state index contributed by atoms with van der Waals surface area (Å²) in [5.74, 6) is 0.607. The van der Waals surface area contributed by atoms with Crippen LogP contribution in [0.3, 0.4) is 0 Å². The lowest BCUT2D eigenvalue weighted by Crippen LogP contribution is -2.26. The summed E-state index contributed by atoms with van der Waals surface area (Å²) >= 11 is 0. The second kappa shape index (κ2) is 7.03. The molecule has 0 saturated heterocycles. The van der Waals surface area contributed by atoms with Gasteiger partial charge in [0.05, 0.1) is 0 Å². The molecule has 1 aromatic carbocycles. The number of hydrogen-bond donors (Lipinski definition) is 1. The van der Waals surface area contributed by atoms with Crippen LogP contribution < -0.4 is 10.2 Å². The number of hydrogen-bond acceptors (Lipinski definition) is 4. The van der Waals surface area contributed by atoms with E-state index in [0.29, 0.717) is 18.7 Å². The van der Waals surface area contributed by atoms with E-state index in [-0.39, 0.29) is 11.8 Å². The van der Waals surface area contributed by atoms with Gasteiger partial charge in [-0.3, -0.25) is 14.2 Å². The average molecular weight is 361 g/mol. The molecule has 27 heavy (non-hydrogen) atoms. The zero-order valence-corrected chi connectivity index (χ0v) is 14.9. The van der Waals surface area contributed by atoms with Gasteiger partial charge in [0.25, 0.3) is 5.91 Å². The van der Waals surface area contributed by atoms with Crippen LogP contribution in [0.2, 0.25) is 0 Å². The van der Waals surface area contributed by atoms with E-state index in [1.165, 1.54) is 0 Å². The van der Waals surface area contributed by atoms with E-state index < -0.39 is 0 Å². The Bertz CT molecular complexity index is 997. The molecule has 0 saturated carbocycles. The van der Waals surface area contributed by atoms with Crippen LogP contribution in [0, 0.1) is 0 Å². The van der Waals surface area contributed by atoms with E-state index in [2.05, 4.69) is 15.3 Å². The van der Waals surface area contributed by atoms with Crippen molar-refractivity contribution in [1.29, 1.82) is 0 Å². The largest absolute Gasteiger partial charge is 0.348 e. The van der Waals surface area contributed by atoms with Crippen molar-refractivity contribution in [3.05, 3.63) is 71.9 Å². The summed E-state index contributed by atoms with van der Waals surface area (Å²) in [5, 5.41) is 2.95. The number of rotatable bonds is 4. The molecule has 0 fully saturated rings. The third kappa shape index (κ3) is 3.31. The molecule has 3 aromatic rings. The smallest absolute Gasteiger partial charge is 0.251 e. The fraction of sp³-hybridized carbons (Fsp3) is 0.200. The van der Waals surface area contributed by atoms with Crippen LogP contribution >= 0.6 is 0 Å². The van der Waals surface area contributed by atoms with Crippen LogP contribution in [0.1, 0.15) is 28.4 Å². The van der Waals surface area contributed by atoms with Crippen LogP contribution in [0.5, 0.6) is 0 Å². The van der Waals surface area contributed by atoms with E-state index in [0.717, 1.165) is 29.1 Å². The molecule has 0 spiro atoms. The lowest BCUT2D eigenvalue weighted by atomic mass is 10.1. The molecule has 7 heteroatoms. The minimum absolute atomic E-state index is 0.0227. The molecule has 0 radical (unpaired) electrons. The van der Waals surface area contributed by atoms with Crippen LogP contribution in [0.25, 0.3) is 5.82 Å². The highest BCUT2D eigenvalue weighted by Crippen LogP contribution is 2.28. The van der Waals surface area contributed by atoms with Gasteiger partial charge in [0.15, 0.2) is 0 Å². The Morgan fingerprint density at radius 2 is 2.11 bits per heavy atom. The molecule has 0 unspecified atom stereocenters. The Morgan fingerprint density at radius 1 is 1.22 bits per heavy atom. The number of nitrogens with zero attached hydrogens (tertiary/aromatic N) is 4. The number of carbonyl (C=O) groups excluding carboxylic acids is 2. The second-order valence-electron chi connectivity index (χ2n) is 6.40. The maximum absolute atomic E-state index is 12.6. The maximum Gasteiger partial charge on any atom is 0.251 e. The van der Waals surface area contributed by atoms with Gasteiger partial charge in [-0.2, -0.15) is 0 Å². The monoisotopic (exact) mass is 361 g/mol. The van der Waals surface area contributed by atoms with Crippen LogP contribution in [0.15, 0.2) is 55.2 Å². The van der Waals surface area contributed by atoms with Gasteiger partial charge in [0.2, 0.25) is 5.91 Å².